The van der Waals surface area contributed by atoms with Crippen LogP contribution in [-0.4, -0.2) is 24.6 Å². The summed E-state index contributed by atoms with van der Waals surface area (Å²) in [6, 6.07) is 14.0. The van der Waals surface area contributed by atoms with E-state index in [0.717, 1.165) is 12.8 Å². The monoisotopic (exact) mass is 351 g/mol. The average Bonchev–Trinajstić information content (AvgIpc) is 3.46. The zero-order chi connectivity index (χ0) is 18.4. The Bertz CT molecular complexity index is 781. The van der Waals surface area contributed by atoms with Gasteiger partial charge >= 0.3 is 6.03 Å². The molecule has 0 aromatic heterocycles. The largest absolute Gasteiger partial charge is 0.490 e. The Kier molecular flexibility index (Phi) is 5.53. The zero-order valence-electron chi connectivity index (χ0n) is 14.3. The van der Waals surface area contributed by atoms with Crippen molar-refractivity contribution >= 4 is 23.3 Å². The number of nitrogens with one attached hydrogen (secondary N) is 3. The zero-order valence-corrected chi connectivity index (χ0v) is 14.3. The van der Waals surface area contributed by atoms with Gasteiger partial charge in [-0.2, -0.15) is 0 Å². The predicted molar refractivity (Wildman–Crippen MR) is 102 cm³/mol. The van der Waals surface area contributed by atoms with E-state index >= 15 is 0 Å². The summed E-state index contributed by atoms with van der Waals surface area (Å²) >= 11 is 0. The maximum absolute atomic E-state index is 12.3. The summed E-state index contributed by atoms with van der Waals surface area (Å²) in [5.74, 6) is 0.466. The molecule has 1 aliphatic carbocycles. The quantitative estimate of drug-likeness (QED) is 0.664. The van der Waals surface area contributed by atoms with Crippen molar-refractivity contribution in [3.05, 3.63) is 66.7 Å². The van der Waals surface area contributed by atoms with Gasteiger partial charge in [0.15, 0.2) is 0 Å². The number of urea groups is 1. The van der Waals surface area contributed by atoms with Crippen LogP contribution in [0.25, 0.3) is 0 Å². The second kappa shape index (κ2) is 8.20. The second-order valence-electron chi connectivity index (χ2n) is 6.03. The Labute approximate surface area is 152 Å². The van der Waals surface area contributed by atoms with Crippen LogP contribution in [-0.2, 0) is 0 Å². The van der Waals surface area contributed by atoms with E-state index < -0.39 is 0 Å². The average molecular weight is 351 g/mol. The molecule has 0 radical (unpaired) electrons. The van der Waals surface area contributed by atoms with Crippen molar-refractivity contribution in [3.8, 4) is 5.75 Å². The number of amides is 3. The first-order valence-electron chi connectivity index (χ1n) is 8.47. The Morgan fingerprint density at radius 3 is 2.19 bits per heavy atom. The predicted octanol–water partition coefficient (Wildman–Crippen LogP) is 3.79. The number of carbonyl (C=O) groups excluding carboxylic acids is 2. The smallest absolute Gasteiger partial charge is 0.319 e. The fraction of sp³-hybridized carbons (Fsp3) is 0.200. The molecule has 1 aliphatic rings. The van der Waals surface area contributed by atoms with Gasteiger partial charge in [-0.25, -0.2) is 4.79 Å². The van der Waals surface area contributed by atoms with Crippen LogP contribution in [0.15, 0.2) is 61.2 Å². The van der Waals surface area contributed by atoms with E-state index in [4.69, 9.17) is 4.74 Å². The van der Waals surface area contributed by atoms with E-state index in [1.807, 2.05) is 0 Å². The summed E-state index contributed by atoms with van der Waals surface area (Å²) in [4.78, 5) is 24.0. The maximum Gasteiger partial charge on any atom is 0.319 e. The molecule has 1 saturated carbocycles. The first-order valence-corrected chi connectivity index (χ1v) is 8.47. The fourth-order valence-corrected chi connectivity index (χ4v) is 2.28. The van der Waals surface area contributed by atoms with Crippen molar-refractivity contribution in [1.82, 2.24) is 5.32 Å². The van der Waals surface area contributed by atoms with E-state index in [1.165, 1.54) is 0 Å². The molecule has 3 rings (SSSR count). The van der Waals surface area contributed by atoms with Crippen molar-refractivity contribution < 1.29 is 14.3 Å². The first kappa shape index (κ1) is 17.5. The van der Waals surface area contributed by atoms with E-state index in [2.05, 4.69) is 22.5 Å². The van der Waals surface area contributed by atoms with Crippen LogP contribution < -0.4 is 20.7 Å². The number of ether oxygens (including phenoxy) is 1. The van der Waals surface area contributed by atoms with E-state index in [1.54, 1.807) is 54.6 Å². The Hall–Kier alpha value is -3.28. The highest BCUT2D eigenvalue weighted by Gasteiger charge is 2.23. The molecule has 3 N–H and O–H groups in total. The molecule has 134 valence electrons. The van der Waals surface area contributed by atoms with Gasteiger partial charge in [-0.1, -0.05) is 12.7 Å². The molecule has 0 spiro atoms. The van der Waals surface area contributed by atoms with Crippen LogP contribution >= 0.6 is 0 Å². The van der Waals surface area contributed by atoms with Crippen LogP contribution in [0.1, 0.15) is 23.2 Å². The third kappa shape index (κ3) is 5.11. The number of hydrogen-bond donors (Lipinski definition) is 3. The SMILES string of the molecule is C=CCOc1ccc(C(=O)Nc2ccc(NC(=O)NC3CC3)cc2)cc1. The van der Waals surface area contributed by atoms with Crippen molar-refractivity contribution in [2.24, 2.45) is 0 Å². The maximum atomic E-state index is 12.3. The van der Waals surface area contributed by atoms with Crippen LogP contribution in [0, 0.1) is 0 Å². The molecule has 0 aliphatic heterocycles. The lowest BCUT2D eigenvalue weighted by atomic mass is 10.2. The third-order valence-electron chi connectivity index (χ3n) is 3.80. The highest BCUT2D eigenvalue weighted by Crippen LogP contribution is 2.19. The standard InChI is InChI=1S/C20H21N3O3/c1-2-13-26-18-11-3-14(4-12-18)19(24)21-15-5-7-16(8-6-15)22-20(25)23-17-9-10-17/h2-8,11-12,17H,1,9-10,13H2,(H,21,24)(H2,22,23,25). The van der Waals surface area contributed by atoms with E-state index in [9.17, 15) is 9.59 Å². The molecule has 0 atom stereocenters. The third-order valence-corrected chi connectivity index (χ3v) is 3.80. The lowest BCUT2D eigenvalue weighted by molar-refractivity contribution is 0.102. The minimum absolute atomic E-state index is 0.206. The van der Waals surface area contributed by atoms with Gasteiger partial charge in [-0.15, -0.1) is 0 Å². The lowest BCUT2D eigenvalue weighted by Gasteiger charge is -2.09. The number of hydrogen-bond acceptors (Lipinski definition) is 3. The second-order valence-corrected chi connectivity index (χ2v) is 6.03. The van der Waals surface area contributed by atoms with Gasteiger partial charge in [0, 0.05) is 23.0 Å². The topological polar surface area (TPSA) is 79.5 Å². The minimum Gasteiger partial charge on any atom is -0.490 e. The summed E-state index contributed by atoms with van der Waals surface area (Å²) in [7, 11) is 0. The summed E-state index contributed by atoms with van der Waals surface area (Å²) in [5, 5.41) is 8.44. The Morgan fingerprint density at radius 2 is 1.62 bits per heavy atom. The molecule has 1 fully saturated rings. The molecule has 0 heterocycles. The van der Waals surface area contributed by atoms with Crippen molar-refractivity contribution in [2.75, 3.05) is 17.2 Å². The molecule has 6 nitrogen and oxygen atoms in total. The highest BCUT2D eigenvalue weighted by molar-refractivity contribution is 6.04. The summed E-state index contributed by atoms with van der Waals surface area (Å²) in [5.41, 5.74) is 1.85. The molecule has 6 heteroatoms. The van der Waals surface area contributed by atoms with E-state index in [0.29, 0.717) is 35.3 Å². The molecule has 2 aromatic rings. The van der Waals surface area contributed by atoms with Crippen LogP contribution in [0.3, 0.4) is 0 Å². The molecule has 26 heavy (non-hydrogen) atoms. The summed E-state index contributed by atoms with van der Waals surface area (Å²) in [6.07, 6.45) is 3.74. The van der Waals surface area contributed by atoms with Crippen molar-refractivity contribution in [2.45, 2.75) is 18.9 Å². The van der Waals surface area contributed by atoms with Crippen LogP contribution in [0.4, 0.5) is 16.2 Å². The van der Waals surface area contributed by atoms with Gasteiger partial charge in [0.25, 0.3) is 5.91 Å². The molecular weight excluding hydrogens is 330 g/mol. The Morgan fingerprint density at radius 1 is 1.00 bits per heavy atom. The summed E-state index contributed by atoms with van der Waals surface area (Å²) < 4.78 is 5.39. The normalized spacial score (nSPS) is 12.8. The number of benzene rings is 2. The molecule has 0 bridgehead atoms. The van der Waals surface area contributed by atoms with E-state index in [-0.39, 0.29) is 11.9 Å². The molecule has 0 unspecified atom stereocenters. The highest BCUT2D eigenvalue weighted by atomic mass is 16.5. The molecular formula is C20H21N3O3. The van der Waals surface area contributed by atoms with Gasteiger partial charge in [-0.3, -0.25) is 4.79 Å². The molecule has 2 aromatic carbocycles. The summed E-state index contributed by atoms with van der Waals surface area (Å²) in [6.45, 7) is 4.01. The van der Waals surface area contributed by atoms with Crippen LogP contribution in [0.2, 0.25) is 0 Å². The number of rotatable bonds is 7. The number of carbonyl (C=O) groups is 2. The van der Waals surface area contributed by atoms with Gasteiger partial charge in [0.05, 0.1) is 0 Å². The van der Waals surface area contributed by atoms with Crippen LogP contribution in [0.5, 0.6) is 5.75 Å². The lowest BCUT2D eigenvalue weighted by Crippen LogP contribution is -2.30. The first-order chi connectivity index (χ1) is 12.6. The van der Waals surface area contributed by atoms with Gasteiger partial charge in [0.2, 0.25) is 0 Å². The van der Waals surface area contributed by atoms with Crippen molar-refractivity contribution in [1.29, 1.82) is 0 Å². The van der Waals surface area contributed by atoms with Crippen molar-refractivity contribution in [3.63, 3.8) is 0 Å². The number of anilines is 2. The molecule has 0 saturated heterocycles. The van der Waals surface area contributed by atoms with Gasteiger partial charge < -0.3 is 20.7 Å². The minimum atomic E-state index is -0.215. The fourth-order valence-electron chi connectivity index (χ4n) is 2.28. The van der Waals surface area contributed by atoms with Gasteiger partial charge in [-0.05, 0) is 61.4 Å². The molecule has 3 amide bonds. The van der Waals surface area contributed by atoms with Gasteiger partial charge in [0.1, 0.15) is 12.4 Å². The Balaban J connectivity index is 1.53.